The Hall–Kier alpha value is -7.58. The van der Waals surface area contributed by atoms with Crippen LogP contribution in [0.25, 0.3) is 16.0 Å². The summed E-state index contributed by atoms with van der Waals surface area (Å²) in [7, 11) is -11.2. The number of alkyl halides is 5. The van der Waals surface area contributed by atoms with Crippen LogP contribution in [0.4, 0.5) is 37.7 Å². The topological polar surface area (TPSA) is 251 Å². The number of thiazole rings is 1. The largest absolute Gasteiger partial charge is 0.501 e. The number of rotatable bonds is 30. The number of unbranched alkanes of at least 4 members (excludes halogenated alkanes) is 3. The number of halogens is 7. The molecule has 1 aromatic heterocycles. The highest BCUT2D eigenvalue weighted by Gasteiger charge is 2.71. The zero-order chi connectivity index (χ0) is 79.1. The molecule has 2 aliphatic carbocycles. The van der Waals surface area contributed by atoms with Crippen molar-refractivity contribution in [2.24, 2.45) is 10.8 Å². The second kappa shape index (κ2) is 35.2. The van der Waals surface area contributed by atoms with Crippen LogP contribution in [0.5, 0.6) is 0 Å². The number of piperazine rings is 2. The van der Waals surface area contributed by atoms with Crippen molar-refractivity contribution in [3.63, 3.8) is 0 Å². The van der Waals surface area contributed by atoms with Gasteiger partial charge in [0.15, 0.2) is 0 Å². The Labute approximate surface area is 652 Å². The molecule has 4 fully saturated rings. The molecule has 1 spiro atoms. The first-order chi connectivity index (χ1) is 52.1. The number of amides is 5. The maximum absolute atomic E-state index is 15.2. The molecule has 1 saturated carbocycles. The number of hydrogen-bond donors (Lipinski definition) is 5. The van der Waals surface area contributed by atoms with Gasteiger partial charge in [0.25, 0.3) is 31.7 Å². The van der Waals surface area contributed by atoms with E-state index >= 15 is 4.39 Å². The lowest BCUT2D eigenvalue weighted by Gasteiger charge is -2.38. The van der Waals surface area contributed by atoms with Gasteiger partial charge in [0.05, 0.1) is 38.8 Å². The number of β-amino-alcohol motifs (C(OH)–C–C–N with tert-alkyl or cyclic N) is 1. The normalized spacial score (nSPS) is 20.1. The molecule has 31 heteroatoms. The summed E-state index contributed by atoms with van der Waals surface area (Å²) < 4.78 is 145. The summed E-state index contributed by atoms with van der Waals surface area (Å²) in [6.45, 7) is 13.9. The van der Waals surface area contributed by atoms with Gasteiger partial charge in [-0.15, -0.1) is 23.1 Å². The third-order valence-corrected chi connectivity index (χ3v) is 26.8. The molecule has 20 nitrogen and oxygen atoms in total. The highest BCUT2D eigenvalue weighted by Crippen LogP contribution is 2.69. The maximum atomic E-state index is 15.2. The third kappa shape index (κ3) is 20.6. The predicted molar refractivity (Wildman–Crippen MR) is 414 cm³/mol. The first-order valence-corrected chi connectivity index (χ1v) is 42.4. The number of sulfone groups is 1. The number of anilines is 2. The second-order valence-corrected chi connectivity index (χ2v) is 36.5. The Bertz CT molecular complexity index is 4560. The summed E-state index contributed by atoms with van der Waals surface area (Å²) in [6, 6.07) is 27.1. The number of hydrogen-bond acceptors (Lipinski definition) is 17. The number of carbonyl (C=O) groups excluding carboxylic acids is 5. The number of allylic oxidation sites excluding steroid dienone is 1. The summed E-state index contributed by atoms with van der Waals surface area (Å²) in [5, 5.41) is 20.0. The first-order valence-electron chi connectivity index (χ1n) is 37.2. The molecule has 0 bridgehead atoms. The van der Waals surface area contributed by atoms with E-state index in [1.807, 2.05) is 98.8 Å². The number of aliphatic hydroxyl groups excluding tert-OH is 1. The zero-order valence-corrected chi connectivity index (χ0v) is 66.2. The van der Waals surface area contributed by atoms with Crippen LogP contribution in [0.3, 0.4) is 0 Å². The van der Waals surface area contributed by atoms with E-state index < -0.39 is 93.6 Å². The standard InChI is InChI=1S/C79H95ClF6N10O10S4/c1-51(53-17-19-54(20-18-53)72-52(2)87-50-108-72)88-70(99)43-60-42-61(97)47-96(60)75(102)73(76(3,4)5)90-69(98)15-11-6-7-12-16-71(100)95-39-33-92(34-40-95)32-30-58(48-107-62-13-9-8-10-14-62)89-67-28-26-63(44-68(67)109(103,104)79(84,85)86)110(105,106)91-74(101)55-21-24-59(25-22-55)94-37-35-93(36-38-94)46-56-45-77(49-78(77,82)83)31-29-64(56)65-27-23-57(80)41-66(65)81/h8-10,13-14,17-28,41,44,50-51,58,60-61,73,89,97H,6-7,11-12,15-16,29-40,42-43,45-49H2,1-5H3,(H,88,99)(H,90,98)(H,91,101)/t51-,58+,60-,61+,73+,77?/m0/s1. The minimum absolute atomic E-state index is 0.0240. The molecule has 3 aliphatic heterocycles. The van der Waals surface area contributed by atoms with Crippen LogP contribution in [0.1, 0.15) is 144 Å². The molecule has 1 unspecified atom stereocenters. The average molecular weight is 1620 g/mol. The highest BCUT2D eigenvalue weighted by atomic mass is 35.5. The van der Waals surface area contributed by atoms with Gasteiger partial charge in [0, 0.05) is 148 Å². The van der Waals surface area contributed by atoms with Gasteiger partial charge >= 0.3 is 5.51 Å². The summed E-state index contributed by atoms with van der Waals surface area (Å²) in [5.74, 6) is -5.19. The van der Waals surface area contributed by atoms with E-state index in [1.165, 1.54) is 34.9 Å². The number of benzene rings is 5. The maximum Gasteiger partial charge on any atom is 0.501 e. The second-order valence-electron chi connectivity index (χ2n) is 30.6. The van der Waals surface area contributed by atoms with E-state index in [2.05, 4.69) is 30.7 Å². The molecule has 0 radical (unpaired) electrons. The Kier molecular flexibility index (Phi) is 26.7. The van der Waals surface area contributed by atoms with Gasteiger partial charge in [-0.05, 0) is 148 Å². The molecule has 3 saturated heterocycles. The van der Waals surface area contributed by atoms with Gasteiger partial charge in [-0.3, -0.25) is 33.8 Å². The molecule has 110 heavy (non-hydrogen) atoms. The molecule has 5 amide bonds. The van der Waals surface area contributed by atoms with Gasteiger partial charge < -0.3 is 35.8 Å². The Morgan fingerprint density at radius 1 is 0.800 bits per heavy atom. The van der Waals surface area contributed by atoms with E-state index in [4.69, 9.17) is 11.6 Å². The number of nitrogens with zero attached hydrogens (tertiary/aromatic N) is 6. The van der Waals surface area contributed by atoms with Crippen LogP contribution in [0.15, 0.2) is 141 Å². The molecule has 6 atom stereocenters. The van der Waals surface area contributed by atoms with Crippen LogP contribution in [-0.4, -0.2) is 189 Å². The van der Waals surface area contributed by atoms with E-state index in [0.29, 0.717) is 120 Å². The minimum Gasteiger partial charge on any atom is -0.391 e. The van der Waals surface area contributed by atoms with Crippen molar-refractivity contribution < 1.29 is 72.3 Å². The number of aliphatic hydroxyl groups is 1. The number of carbonyl (C=O) groups is 5. The summed E-state index contributed by atoms with van der Waals surface area (Å²) in [6.07, 6.45) is 2.99. The predicted octanol–water partition coefficient (Wildman–Crippen LogP) is 13.3. The zero-order valence-electron chi connectivity index (χ0n) is 62.2. The monoisotopic (exact) mass is 1620 g/mol. The number of likely N-dealkylation sites (tertiary alicyclic amines) is 1. The summed E-state index contributed by atoms with van der Waals surface area (Å²) in [5.41, 5.74) is -1.13. The molecular weight excluding hydrogens is 1530 g/mol. The van der Waals surface area contributed by atoms with Crippen molar-refractivity contribution >= 4 is 101 Å². The van der Waals surface area contributed by atoms with Crippen LogP contribution >= 0.6 is 34.7 Å². The van der Waals surface area contributed by atoms with E-state index in [-0.39, 0.29) is 104 Å². The van der Waals surface area contributed by atoms with Crippen molar-refractivity contribution in [3.05, 3.63) is 160 Å². The summed E-state index contributed by atoms with van der Waals surface area (Å²) >= 11 is 8.97. The SMILES string of the molecule is Cc1ncsc1-c1ccc([C@H](C)NC(=O)C[C@@H]2C[C@@H](O)CN2C(=O)[C@@H](NC(=O)CCCCCCC(=O)N2CCN(CC[C@H](CSc3ccccc3)Nc3ccc(S(=O)(=O)NC(=O)c4ccc(N5CCN(CC6=C(c7ccc(Cl)cc7F)CCC7(C6)CC7(F)F)CC5)cc4)cc3S(=O)(=O)C(F)(F)F)CC2)C(C)(C)C)cc1. The van der Waals surface area contributed by atoms with Gasteiger partial charge in [0.2, 0.25) is 23.6 Å². The number of nitrogens with one attached hydrogen (secondary N) is 4. The quantitative estimate of drug-likeness (QED) is 0.0160. The van der Waals surface area contributed by atoms with Gasteiger partial charge in [0.1, 0.15) is 16.8 Å². The van der Waals surface area contributed by atoms with Crippen LogP contribution in [0.2, 0.25) is 5.02 Å². The lowest BCUT2D eigenvalue weighted by Crippen LogP contribution is -2.56. The van der Waals surface area contributed by atoms with Gasteiger partial charge in [-0.2, -0.15) is 13.2 Å². The van der Waals surface area contributed by atoms with Crippen molar-refractivity contribution in [2.45, 2.75) is 174 Å². The number of thioether (sulfide) groups is 1. The lowest BCUT2D eigenvalue weighted by molar-refractivity contribution is -0.141. The number of aromatic nitrogens is 1. The summed E-state index contributed by atoms with van der Waals surface area (Å²) in [4.78, 5) is 81.7. The molecular formula is C79H95ClF6N10O10S4. The molecule has 11 rings (SSSR count). The molecule has 4 heterocycles. The van der Waals surface area contributed by atoms with Crippen molar-refractivity contribution in [2.75, 3.05) is 88.0 Å². The highest BCUT2D eigenvalue weighted by molar-refractivity contribution is 7.99. The third-order valence-electron chi connectivity index (χ3n) is 21.6. The number of aryl methyl sites for hydroxylation is 1. The fourth-order valence-electron chi connectivity index (χ4n) is 15.1. The van der Waals surface area contributed by atoms with Crippen molar-refractivity contribution in [1.29, 1.82) is 0 Å². The van der Waals surface area contributed by atoms with Crippen LogP contribution in [-0.2, 0) is 39.0 Å². The Morgan fingerprint density at radius 3 is 2.11 bits per heavy atom. The Morgan fingerprint density at radius 2 is 1.47 bits per heavy atom. The Balaban J connectivity index is 0.632. The smallest absolute Gasteiger partial charge is 0.391 e. The minimum atomic E-state index is -6.22. The fraction of sp³-hybridized carbons (Fsp3) is 0.494. The molecule has 5 aromatic carbocycles. The lowest BCUT2D eigenvalue weighted by atomic mass is 9.78. The first kappa shape index (κ1) is 83.4. The van der Waals surface area contributed by atoms with Crippen LogP contribution < -0.4 is 25.6 Å². The van der Waals surface area contributed by atoms with E-state index in [1.54, 1.807) is 46.0 Å². The molecule has 5 N–H and O–H groups in total. The number of sulfonamides is 1. The van der Waals surface area contributed by atoms with Gasteiger partial charge in [-0.1, -0.05) is 99.3 Å². The van der Waals surface area contributed by atoms with Gasteiger partial charge in [-0.25, -0.2) is 39.7 Å². The van der Waals surface area contributed by atoms with E-state index in [9.17, 15) is 67.9 Å². The van der Waals surface area contributed by atoms with Crippen molar-refractivity contribution in [3.8, 4) is 10.4 Å². The molecule has 594 valence electrons. The molecule has 5 aliphatic rings. The van der Waals surface area contributed by atoms with E-state index in [0.717, 1.165) is 44.3 Å². The fourth-order valence-corrected chi connectivity index (χ4v) is 19.1. The van der Waals surface area contributed by atoms with Crippen LogP contribution in [0, 0.1) is 23.6 Å². The molecule has 6 aromatic rings. The van der Waals surface area contributed by atoms with Crippen molar-refractivity contribution in [1.82, 2.24) is 39.9 Å². The average Bonchev–Trinajstić information content (AvgIpc) is 1.54.